The minimum absolute atomic E-state index is 0.300. The van der Waals surface area contributed by atoms with Crippen molar-refractivity contribution < 1.29 is 9.47 Å². The predicted molar refractivity (Wildman–Crippen MR) is 70.5 cm³/mol. The highest BCUT2D eigenvalue weighted by Gasteiger charge is 2.31. The molecule has 0 aromatic carbocycles. The summed E-state index contributed by atoms with van der Waals surface area (Å²) in [5.74, 6) is 0. The standard InChI is InChI=1S/C13H28N2O2/c1-4-13(2)12-14-6-7-15(13)8-11-17-10-5-9-16-3/h14H,4-12H2,1-3H3. The fourth-order valence-corrected chi connectivity index (χ4v) is 2.27. The molecule has 4 nitrogen and oxygen atoms in total. The highest BCUT2D eigenvalue weighted by atomic mass is 16.5. The molecule has 1 rings (SSSR count). The lowest BCUT2D eigenvalue weighted by atomic mass is 9.94. The van der Waals surface area contributed by atoms with Crippen LogP contribution in [0.1, 0.15) is 26.7 Å². The maximum absolute atomic E-state index is 5.63. The highest BCUT2D eigenvalue weighted by molar-refractivity contribution is 4.90. The minimum Gasteiger partial charge on any atom is -0.385 e. The van der Waals surface area contributed by atoms with Crippen LogP contribution in [0.15, 0.2) is 0 Å². The Labute approximate surface area is 106 Å². The Morgan fingerprint density at radius 3 is 2.82 bits per heavy atom. The Morgan fingerprint density at radius 1 is 1.29 bits per heavy atom. The molecule has 0 amide bonds. The molecule has 1 atom stereocenters. The minimum atomic E-state index is 0.300. The van der Waals surface area contributed by atoms with E-state index in [1.165, 1.54) is 6.42 Å². The van der Waals surface area contributed by atoms with Crippen molar-refractivity contribution in [1.82, 2.24) is 10.2 Å². The summed E-state index contributed by atoms with van der Waals surface area (Å²) in [7, 11) is 1.73. The van der Waals surface area contributed by atoms with Crippen LogP contribution in [0.4, 0.5) is 0 Å². The van der Waals surface area contributed by atoms with Crippen LogP contribution >= 0.6 is 0 Å². The molecule has 1 saturated heterocycles. The molecule has 1 unspecified atom stereocenters. The van der Waals surface area contributed by atoms with Gasteiger partial charge in [0.15, 0.2) is 0 Å². The monoisotopic (exact) mass is 244 g/mol. The fourth-order valence-electron chi connectivity index (χ4n) is 2.27. The van der Waals surface area contributed by atoms with Crippen LogP contribution < -0.4 is 5.32 Å². The van der Waals surface area contributed by atoms with Gasteiger partial charge < -0.3 is 14.8 Å². The van der Waals surface area contributed by atoms with Gasteiger partial charge in [0.25, 0.3) is 0 Å². The first kappa shape index (κ1) is 14.9. The van der Waals surface area contributed by atoms with E-state index in [2.05, 4.69) is 24.1 Å². The normalized spacial score (nSPS) is 26.3. The van der Waals surface area contributed by atoms with Gasteiger partial charge in [-0.15, -0.1) is 0 Å². The molecule has 0 aromatic rings. The zero-order chi connectivity index (χ0) is 12.6. The number of ether oxygens (including phenoxy) is 2. The Morgan fingerprint density at radius 2 is 2.12 bits per heavy atom. The molecule has 0 spiro atoms. The third kappa shape index (κ3) is 4.92. The molecular formula is C13H28N2O2. The van der Waals surface area contributed by atoms with Crippen molar-refractivity contribution in [1.29, 1.82) is 0 Å². The SMILES string of the molecule is CCC1(C)CNCCN1CCOCCCOC. The first-order chi connectivity index (χ1) is 8.23. The zero-order valence-corrected chi connectivity index (χ0v) is 11.6. The molecule has 0 saturated carbocycles. The Bertz CT molecular complexity index is 202. The van der Waals surface area contributed by atoms with Crippen molar-refractivity contribution in [3.8, 4) is 0 Å². The number of rotatable bonds is 8. The van der Waals surface area contributed by atoms with Crippen LogP contribution in [0, 0.1) is 0 Å². The topological polar surface area (TPSA) is 33.7 Å². The molecule has 4 heteroatoms. The second-order valence-electron chi connectivity index (χ2n) is 4.97. The van der Waals surface area contributed by atoms with Gasteiger partial charge in [0.05, 0.1) is 6.61 Å². The van der Waals surface area contributed by atoms with Gasteiger partial charge in [-0.05, 0) is 19.8 Å². The van der Waals surface area contributed by atoms with E-state index in [9.17, 15) is 0 Å². The van der Waals surface area contributed by atoms with Gasteiger partial charge in [-0.3, -0.25) is 4.90 Å². The fraction of sp³-hybridized carbons (Fsp3) is 1.00. The van der Waals surface area contributed by atoms with Crippen LogP contribution in [-0.2, 0) is 9.47 Å². The molecule has 0 aromatic heterocycles. The molecule has 0 aliphatic carbocycles. The van der Waals surface area contributed by atoms with Crippen LogP contribution in [0.5, 0.6) is 0 Å². The summed E-state index contributed by atoms with van der Waals surface area (Å²) in [5, 5.41) is 3.48. The quantitative estimate of drug-likeness (QED) is 0.649. The lowest BCUT2D eigenvalue weighted by Crippen LogP contribution is -2.59. The zero-order valence-electron chi connectivity index (χ0n) is 11.6. The van der Waals surface area contributed by atoms with Crippen molar-refractivity contribution >= 4 is 0 Å². The van der Waals surface area contributed by atoms with Crippen molar-refractivity contribution in [3.05, 3.63) is 0 Å². The molecule has 0 radical (unpaired) electrons. The van der Waals surface area contributed by atoms with Gasteiger partial charge in [0.2, 0.25) is 0 Å². The first-order valence-corrected chi connectivity index (χ1v) is 6.75. The van der Waals surface area contributed by atoms with Gasteiger partial charge in [-0.25, -0.2) is 0 Å². The van der Waals surface area contributed by atoms with Crippen molar-refractivity contribution in [2.75, 3.05) is 53.1 Å². The third-order valence-corrected chi connectivity index (χ3v) is 3.73. The van der Waals surface area contributed by atoms with E-state index >= 15 is 0 Å². The molecule has 1 fully saturated rings. The van der Waals surface area contributed by atoms with Gasteiger partial charge in [0, 0.05) is 52.0 Å². The lowest BCUT2D eigenvalue weighted by Gasteiger charge is -2.44. The smallest absolute Gasteiger partial charge is 0.0593 e. The number of hydrogen-bond donors (Lipinski definition) is 1. The maximum Gasteiger partial charge on any atom is 0.0593 e. The molecule has 0 bridgehead atoms. The number of piperazine rings is 1. The van der Waals surface area contributed by atoms with E-state index in [1.807, 2.05) is 0 Å². The van der Waals surface area contributed by atoms with Crippen LogP contribution in [0.2, 0.25) is 0 Å². The van der Waals surface area contributed by atoms with Crippen LogP contribution in [-0.4, -0.2) is 63.5 Å². The Kier molecular flexibility index (Phi) is 7.04. The highest BCUT2D eigenvalue weighted by Crippen LogP contribution is 2.20. The van der Waals surface area contributed by atoms with E-state index in [-0.39, 0.29) is 0 Å². The lowest BCUT2D eigenvalue weighted by molar-refractivity contribution is 0.0274. The van der Waals surface area contributed by atoms with E-state index in [0.717, 1.165) is 52.4 Å². The maximum atomic E-state index is 5.63. The molecule has 1 aliphatic heterocycles. The van der Waals surface area contributed by atoms with E-state index in [4.69, 9.17) is 9.47 Å². The third-order valence-electron chi connectivity index (χ3n) is 3.73. The Hall–Kier alpha value is -0.160. The summed E-state index contributed by atoms with van der Waals surface area (Å²) in [5.41, 5.74) is 0.300. The largest absolute Gasteiger partial charge is 0.385 e. The van der Waals surface area contributed by atoms with E-state index in [0.29, 0.717) is 5.54 Å². The van der Waals surface area contributed by atoms with Crippen LogP contribution in [0.25, 0.3) is 0 Å². The average Bonchev–Trinajstić information content (AvgIpc) is 2.36. The molecule has 1 N–H and O–H groups in total. The van der Waals surface area contributed by atoms with Crippen molar-refractivity contribution in [2.24, 2.45) is 0 Å². The molecule has 1 aliphatic rings. The second-order valence-corrected chi connectivity index (χ2v) is 4.97. The van der Waals surface area contributed by atoms with Gasteiger partial charge >= 0.3 is 0 Å². The van der Waals surface area contributed by atoms with Gasteiger partial charge in [0.1, 0.15) is 0 Å². The van der Waals surface area contributed by atoms with E-state index < -0.39 is 0 Å². The number of hydrogen-bond acceptors (Lipinski definition) is 4. The number of nitrogens with zero attached hydrogens (tertiary/aromatic N) is 1. The first-order valence-electron chi connectivity index (χ1n) is 6.75. The molecule has 17 heavy (non-hydrogen) atoms. The Balaban J connectivity index is 2.15. The van der Waals surface area contributed by atoms with E-state index in [1.54, 1.807) is 7.11 Å². The van der Waals surface area contributed by atoms with Crippen molar-refractivity contribution in [3.63, 3.8) is 0 Å². The van der Waals surface area contributed by atoms with Crippen molar-refractivity contribution in [2.45, 2.75) is 32.2 Å². The second kappa shape index (κ2) is 8.03. The molecular weight excluding hydrogens is 216 g/mol. The summed E-state index contributed by atoms with van der Waals surface area (Å²) in [6.45, 7) is 11.4. The summed E-state index contributed by atoms with van der Waals surface area (Å²) in [6.07, 6.45) is 2.17. The number of nitrogens with one attached hydrogen (secondary N) is 1. The number of methoxy groups -OCH3 is 1. The average molecular weight is 244 g/mol. The molecule has 102 valence electrons. The summed E-state index contributed by atoms with van der Waals surface area (Å²) >= 11 is 0. The predicted octanol–water partition coefficient (Wildman–Crippen LogP) is 1.11. The summed E-state index contributed by atoms with van der Waals surface area (Å²) < 4.78 is 10.6. The van der Waals surface area contributed by atoms with Crippen LogP contribution in [0.3, 0.4) is 0 Å². The molecule has 1 heterocycles. The van der Waals surface area contributed by atoms with Gasteiger partial charge in [-0.2, -0.15) is 0 Å². The summed E-state index contributed by atoms with van der Waals surface area (Å²) in [4.78, 5) is 2.56. The van der Waals surface area contributed by atoms with Gasteiger partial charge in [-0.1, -0.05) is 6.92 Å². The summed E-state index contributed by atoms with van der Waals surface area (Å²) in [6, 6.07) is 0.